The molecule has 104 valence electrons. The van der Waals surface area contributed by atoms with E-state index in [1.165, 1.54) is 11.9 Å². The summed E-state index contributed by atoms with van der Waals surface area (Å²) in [7, 11) is 2.10. The lowest BCUT2D eigenvalue weighted by Crippen LogP contribution is -2.29. The summed E-state index contributed by atoms with van der Waals surface area (Å²) in [6, 6.07) is 8.32. The molecular weight excluding hydrogens is 236 g/mol. The number of nitrogens with zero attached hydrogens (tertiary/aromatic N) is 3. The molecule has 1 saturated heterocycles. The van der Waals surface area contributed by atoms with Crippen molar-refractivity contribution >= 4 is 17.0 Å². The lowest BCUT2D eigenvalue weighted by atomic mass is 10.3. The van der Waals surface area contributed by atoms with Gasteiger partial charge in [0.25, 0.3) is 0 Å². The quantitative estimate of drug-likeness (QED) is 0.854. The van der Waals surface area contributed by atoms with E-state index in [9.17, 15) is 0 Å². The highest BCUT2D eigenvalue weighted by Crippen LogP contribution is 2.21. The molecule has 4 heteroatoms. The zero-order valence-electron chi connectivity index (χ0n) is 12.2. The largest absolute Gasteiger partial charge is 0.341 e. The maximum Gasteiger partial charge on any atom is 0.206 e. The normalized spacial score (nSPS) is 15.8. The van der Waals surface area contributed by atoms with Crippen LogP contribution in [0.25, 0.3) is 11.0 Å². The third kappa shape index (κ3) is 2.89. The minimum Gasteiger partial charge on any atom is -0.341 e. The van der Waals surface area contributed by atoms with Gasteiger partial charge in [0, 0.05) is 26.7 Å². The molecule has 1 aromatic heterocycles. The fourth-order valence-corrected chi connectivity index (χ4v) is 2.46. The second kappa shape index (κ2) is 6.57. The zero-order valence-corrected chi connectivity index (χ0v) is 12.2. The molecule has 2 heterocycles. The van der Waals surface area contributed by atoms with Crippen LogP contribution in [0.3, 0.4) is 0 Å². The van der Waals surface area contributed by atoms with Crippen molar-refractivity contribution in [3.63, 3.8) is 0 Å². The first kappa shape index (κ1) is 13.9. The fraction of sp³-hybridized carbons (Fsp3) is 0.533. The molecule has 0 spiro atoms. The highest BCUT2D eigenvalue weighted by atomic mass is 15.3. The third-order valence-corrected chi connectivity index (χ3v) is 3.39. The van der Waals surface area contributed by atoms with Crippen LogP contribution < -0.4 is 10.2 Å². The maximum atomic E-state index is 4.74. The molecular formula is C15H24N4. The number of rotatable bonds is 1. The number of aryl methyl sites for hydroxylation is 1. The summed E-state index contributed by atoms with van der Waals surface area (Å²) in [6.07, 6.45) is 1.18. The van der Waals surface area contributed by atoms with E-state index in [4.69, 9.17) is 4.98 Å². The van der Waals surface area contributed by atoms with Gasteiger partial charge in [0.1, 0.15) is 0 Å². The molecule has 0 atom stereocenters. The summed E-state index contributed by atoms with van der Waals surface area (Å²) in [5.74, 6) is 1.09. The fourth-order valence-electron chi connectivity index (χ4n) is 2.46. The van der Waals surface area contributed by atoms with Gasteiger partial charge in [0.15, 0.2) is 0 Å². The first-order chi connectivity index (χ1) is 9.36. The summed E-state index contributed by atoms with van der Waals surface area (Å²) >= 11 is 0. The average Bonchev–Trinajstić information content (AvgIpc) is 2.67. The van der Waals surface area contributed by atoms with E-state index >= 15 is 0 Å². The topological polar surface area (TPSA) is 33.1 Å². The summed E-state index contributed by atoms with van der Waals surface area (Å²) < 4.78 is 2.20. The van der Waals surface area contributed by atoms with Crippen LogP contribution >= 0.6 is 0 Å². The number of benzene rings is 1. The number of fused-ring (bicyclic) bond motifs is 1. The molecule has 0 amide bonds. The van der Waals surface area contributed by atoms with Crippen LogP contribution in [0.4, 0.5) is 5.95 Å². The van der Waals surface area contributed by atoms with E-state index < -0.39 is 0 Å². The molecule has 1 aliphatic heterocycles. The van der Waals surface area contributed by atoms with Crippen molar-refractivity contribution in [3.05, 3.63) is 24.3 Å². The second-order valence-electron chi connectivity index (χ2n) is 4.55. The van der Waals surface area contributed by atoms with Crippen molar-refractivity contribution in [2.75, 3.05) is 31.1 Å². The van der Waals surface area contributed by atoms with E-state index in [2.05, 4.69) is 40.0 Å². The van der Waals surface area contributed by atoms with Gasteiger partial charge in [-0.2, -0.15) is 0 Å². The van der Waals surface area contributed by atoms with Crippen LogP contribution in [-0.4, -0.2) is 35.7 Å². The summed E-state index contributed by atoms with van der Waals surface area (Å²) in [5.41, 5.74) is 2.29. The van der Waals surface area contributed by atoms with Gasteiger partial charge in [-0.3, -0.25) is 0 Å². The SMILES string of the molecule is CC.Cn1c(N2CCCNCC2)nc2ccccc21. The van der Waals surface area contributed by atoms with Gasteiger partial charge in [-0.05, 0) is 25.1 Å². The Kier molecular flexibility index (Phi) is 4.80. The van der Waals surface area contributed by atoms with Gasteiger partial charge >= 0.3 is 0 Å². The van der Waals surface area contributed by atoms with E-state index in [-0.39, 0.29) is 0 Å². The van der Waals surface area contributed by atoms with Crippen LogP contribution in [0.1, 0.15) is 20.3 Å². The van der Waals surface area contributed by atoms with E-state index in [0.29, 0.717) is 0 Å². The van der Waals surface area contributed by atoms with Crippen molar-refractivity contribution in [1.29, 1.82) is 0 Å². The van der Waals surface area contributed by atoms with Gasteiger partial charge in [-0.25, -0.2) is 4.98 Å². The van der Waals surface area contributed by atoms with E-state index in [1.54, 1.807) is 0 Å². The van der Waals surface area contributed by atoms with Crippen LogP contribution in [0, 0.1) is 0 Å². The van der Waals surface area contributed by atoms with Crippen molar-refractivity contribution in [3.8, 4) is 0 Å². The van der Waals surface area contributed by atoms with Crippen LogP contribution in [0.15, 0.2) is 24.3 Å². The van der Waals surface area contributed by atoms with Crippen molar-refractivity contribution in [2.24, 2.45) is 7.05 Å². The molecule has 1 aliphatic rings. The molecule has 0 bridgehead atoms. The first-order valence-corrected chi connectivity index (χ1v) is 7.23. The smallest absolute Gasteiger partial charge is 0.206 e. The van der Waals surface area contributed by atoms with Crippen molar-refractivity contribution in [1.82, 2.24) is 14.9 Å². The monoisotopic (exact) mass is 260 g/mol. The Labute approximate surface area is 115 Å². The van der Waals surface area contributed by atoms with E-state index in [0.717, 1.165) is 37.6 Å². The molecule has 0 radical (unpaired) electrons. The number of hydrogen-bond donors (Lipinski definition) is 1. The number of nitrogens with one attached hydrogen (secondary N) is 1. The molecule has 0 unspecified atom stereocenters. The van der Waals surface area contributed by atoms with Gasteiger partial charge in [-0.15, -0.1) is 0 Å². The number of anilines is 1. The summed E-state index contributed by atoms with van der Waals surface area (Å²) in [4.78, 5) is 7.11. The minimum absolute atomic E-state index is 1.04. The van der Waals surface area contributed by atoms with Gasteiger partial charge in [0.05, 0.1) is 11.0 Å². The first-order valence-electron chi connectivity index (χ1n) is 7.23. The molecule has 1 N–H and O–H groups in total. The van der Waals surface area contributed by atoms with Crippen LogP contribution in [0.2, 0.25) is 0 Å². The van der Waals surface area contributed by atoms with E-state index in [1.807, 2.05) is 19.9 Å². The number of hydrogen-bond acceptors (Lipinski definition) is 3. The van der Waals surface area contributed by atoms with Crippen LogP contribution in [-0.2, 0) is 7.05 Å². The lowest BCUT2D eigenvalue weighted by Gasteiger charge is -2.20. The third-order valence-electron chi connectivity index (χ3n) is 3.39. The molecule has 3 rings (SSSR count). The van der Waals surface area contributed by atoms with Crippen molar-refractivity contribution in [2.45, 2.75) is 20.3 Å². The maximum absolute atomic E-state index is 4.74. The minimum atomic E-state index is 1.04. The molecule has 1 aromatic carbocycles. The van der Waals surface area contributed by atoms with Gasteiger partial charge in [-0.1, -0.05) is 26.0 Å². The molecule has 1 fully saturated rings. The summed E-state index contributed by atoms with van der Waals surface area (Å²) in [6.45, 7) is 8.28. The molecule has 2 aromatic rings. The highest BCUT2D eigenvalue weighted by Gasteiger charge is 2.15. The zero-order chi connectivity index (χ0) is 13.7. The molecule has 19 heavy (non-hydrogen) atoms. The second-order valence-corrected chi connectivity index (χ2v) is 4.55. The Morgan fingerprint density at radius 2 is 1.89 bits per heavy atom. The molecule has 0 saturated carbocycles. The van der Waals surface area contributed by atoms with Gasteiger partial charge in [0.2, 0.25) is 5.95 Å². The Morgan fingerprint density at radius 1 is 1.11 bits per heavy atom. The average molecular weight is 260 g/mol. The molecule has 4 nitrogen and oxygen atoms in total. The Morgan fingerprint density at radius 3 is 2.68 bits per heavy atom. The Bertz CT molecular complexity index is 510. The number of imidazole rings is 1. The molecule has 0 aliphatic carbocycles. The van der Waals surface area contributed by atoms with Crippen molar-refractivity contribution < 1.29 is 0 Å². The lowest BCUT2D eigenvalue weighted by molar-refractivity contribution is 0.724. The van der Waals surface area contributed by atoms with Gasteiger partial charge < -0.3 is 14.8 Å². The predicted molar refractivity (Wildman–Crippen MR) is 81.8 cm³/mol. The Hall–Kier alpha value is -1.55. The summed E-state index contributed by atoms with van der Waals surface area (Å²) in [5, 5.41) is 3.42. The van der Waals surface area contributed by atoms with Crippen LogP contribution in [0.5, 0.6) is 0 Å². The standard InChI is InChI=1S/C13H18N4.C2H6/c1-16-12-6-3-2-5-11(12)15-13(16)17-9-4-7-14-8-10-17;1-2/h2-3,5-6,14H,4,7-10H2,1H3;1-2H3. The number of aromatic nitrogens is 2. The Balaban J connectivity index is 0.000000637. The number of para-hydroxylation sites is 2. The highest BCUT2D eigenvalue weighted by molar-refractivity contribution is 5.78. The predicted octanol–water partition coefficient (Wildman–Crippen LogP) is 2.40.